The zero-order valence-corrected chi connectivity index (χ0v) is 12.1. The first kappa shape index (κ1) is 14.9. The third-order valence-electron chi connectivity index (χ3n) is 3.28. The summed E-state index contributed by atoms with van der Waals surface area (Å²) in [5.41, 5.74) is 0.725. The second-order valence-corrected chi connectivity index (χ2v) is 4.84. The number of nitrogens with one attached hydrogen (secondary N) is 1. The predicted molar refractivity (Wildman–Crippen MR) is 82.0 cm³/mol. The standard InChI is InChI=1S/C17H12F2N2O2/c1-23-12-4-2-3-10(7-12)8-15-17(22)21-16(20-15)13-9-11(18)5-6-14(13)19/h2-9H,1H3,(H,20,21,22)/b15-8-. The van der Waals surface area contributed by atoms with Gasteiger partial charge in [-0.1, -0.05) is 12.1 Å². The fourth-order valence-corrected chi connectivity index (χ4v) is 2.16. The lowest BCUT2D eigenvalue weighted by atomic mass is 10.2. The number of methoxy groups -OCH3 is 1. The molecule has 0 aromatic heterocycles. The minimum Gasteiger partial charge on any atom is -0.497 e. The van der Waals surface area contributed by atoms with Crippen LogP contribution in [0.4, 0.5) is 8.78 Å². The highest BCUT2D eigenvalue weighted by molar-refractivity contribution is 6.19. The summed E-state index contributed by atoms with van der Waals surface area (Å²) in [4.78, 5) is 16.0. The van der Waals surface area contributed by atoms with Crippen molar-refractivity contribution in [3.8, 4) is 5.75 Å². The topological polar surface area (TPSA) is 50.7 Å². The summed E-state index contributed by atoms with van der Waals surface area (Å²) in [6.45, 7) is 0. The van der Waals surface area contributed by atoms with Crippen LogP contribution in [0.1, 0.15) is 11.1 Å². The van der Waals surface area contributed by atoms with E-state index in [1.165, 1.54) is 7.11 Å². The van der Waals surface area contributed by atoms with Crippen molar-refractivity contribution in [2.75, 3.05) is 7.11 Å². The van der Waals surface area contributed by atoms with Crippen LogP contribution in [0.3, 0.4) is 0 Å². The molecule has 0 bridgehead atoms. The van der Waals surface area contributed by atoms with E-state index in [-0.39, 0.29) is 17.1 Å². The smallest absolute Gasteiger partial charge is 0.275 e. The van der Waals surface area contributed by atoms with Gasteiger partial charge in [0, 0.05) is 0 Å². The van der Waals surface area contributed by atoms with Crippen LogP contribution >= 0.6 is 0 Å². The summed E-state index contributed by atoms with van der Waals surface area (Å²) < 4.78 is 32.1. The predicted octanol–water partition coefficient (Wildman–Crippen LogP) is 2.89. The van der Waals surface area contributed by atoms with Gasteiger partial charge in [0.2, 0.25) is 0 Å². The van der Waals surface area contributed by atoms with Gasteiger partial charge in [-0.05, 0) is 42.0 Å². The largest absolute Gasteiger partial charge is 0.497 e. The van der Waals surface area contributed by atoms with Crippen LogP contribution in [-0.2, 0) is 4.79 Å². The quantitative estimate of drug-likeness (QED) is 0.886. The van der Waals surface area contributed by atoms with E-state index in [1.54, 1.807) is 30.3 Å². The van der Waals surface area contributed by atoms with E-state index in [0.29, 0.717) is 11.3 Å². The summed E-state index contributed by atoms with van der Waals surface area (Å²) in [7, 11) is 1.54. The molecular weight excluding hydrogens is 302 g/mol. The maximum absolute atomic E-state index is 13.8. The van der Waals surface area contributed by atoms with Crippen molar-refractivity contribution < 1.29 is 18.3 Å². The van der Waals surface area contributed by atoms with Gasteiger partial charge in [0.05, 0.1) is 12.7 Å². The Hall–Kier alpha value is -3.02. The number of carbonyl (C=O) groups excluding carboxylic acids is 1. The Labute approximate surface area is 131 Å². The highest BCUT2D eigenvalue weighted by Crippen LogP contribution is 2.20. The van der Waals surface area contributed by atoms with E-state index in [2.05, 4.69) is 10.3 Å². The molecule has 6 heteroatoms. The maximum atomic E-state index is 13.8. The van der Waals surface area contributed by atoms with Crippen LogP contribution < -0.4 is 10.1 Å². The summed E-state index contributed by atoms with van der Waals surface area (Å²) in [6.07, 6.45) is 1.54. The van der Waals surface area contributed by atoms with Gasteiger partial charge in [0.15, 0.2) is 0 Å². The van der Waals surface area contributed by atoms with Crippen LogP contribution in [0.15, 0.2) is 53.2 Å². The molecule has 116 valence electrons. The van der Waals surface area contributed by atoms with E-state index in [0.717, 1.165) is 18.2 Å². The van der Waals surface area contributed by atoms with Gasteiger partial charge < -0.3 is 10.1 Å². The average Bonchev–Trinajstić information content (AvgIpc) is 2.90. The fourth-order valence-electron chi connectivity index (χ4n) is 2.16. The van der Waals surface area contributed by atoms with Crippen LogP contribution in [0.2, 0.25) is 0 Å². The number of benzene rings is 2. The minimum absolute atomic E-state index is 0.0128. The van der Waals surface area contributed by atoms with Gasteiger partial charge in [-0.15, -0.1) is 0 Å². The third kappa shape index (κ3) is 3.11. The van der Waals surface area contributed by atoms with Gasteiger partial charge in [-0.2, -0.15) is 0 Å². The normalized spacial score (nSPS) is 15.5. The first-order valence-electron chi connectivity index (χ1n) is 6.78. The van der Waals surface area contributed by atoms with Gasteiger partial charge in [0.25, 0.3) is 5.91 Å². The molecule has 0 spiro atoms. The number of amides is 1. The van der Waals surface area contributed by atoms with Crippen LogP contribution in [-0.4, -0.2) is 18.9 Å². The molecule has 0 saturated carbocycles. The molecule has 2 aromatic carbocycles. The Morgan fingerprint density at radius 2 is 2.00 bits per heavy atom. The van der Waals surface area contributed by atoms with E-state index in [4.69, 9.17) is 4.74 Å². The molecule has 4 nitrogen and oxygen atoms in total. The molecule has 0 aliphatic carbocycles. The molecule has 1 aliphatic heterocycles. The number of hydrogen-bond donors (Lipinski definition) is 1. The zero-order chi connectivity index (χ0) is 16.4. The van der Waals surface area contributed by atoms with E-state index < -0.39 is 17.5 Å². The maximum Gasteiger partial charge on any atom is 0.275 e. The zero-order valence-electron chi connectivity index (χ0n) is 12.1. The first-order valence-corrected chi connectivity index (χ1v) is 6.78. The summed E-state index contributed by atoms with van der Waals surface area (Å²) >= 11 is 0. The molecule has 2 aromatic rings. The second kappa shape index (κ2) is 6.00. The van der Waals surface area contributed by atoms with Crippen molar-refractivity contribution in [3.63, 3.8) is 0 Å². The van der Waals surface area contributed by atoms with Gasteiger partial charge >= 0.3 is 0 Å². The Balaban J connectivity index is 1.98. The molecular formula is C17H12F2N2O2. The van der Waals surface area contributed by atoms with Crippen LogP contribution in [0.5, 0.6) is 5.75 Å². The van der Waals surface area contributed by atoms with Crippen LogP contribution in [0, 0.1) is 11.6 Å². The van der Waals surface area contributed by atoms with E-state index >= 15 is 0 Å². The van der Waals surface area contributed by atoms with E-state index in [1.807, 2.05) is 0 Å². The Bertz CT molecular complexity index is 844. The molecule has 0 unspecified atom stereocenters. The number of rotatable bonds is 3. The van der Waals surface area contributed by atoms with Crippen molar-refractivity contribution in [3.05, 3.63) is 70.9 Å². The monoisotopic (exact) mass is 314 g/mol. The summed E-state index contributed by atoms with van der Waals surface area (Å²) in [5.74, 6) is -1.12. The fraction of sp³-hybridized carbons (Fsp3) is 0.0588. The van der Waals surface area contributed by atoms with Crippen LogP contribution in [0.25, 0.3) is 6.08 Å². The molecule has 23 heavy (non-hydrogen) atoms. The number of halogens is 2. The average molecular weight is 314 g/mol. The van der Waals surface area contributed by atoms with Crippen molar-refractivity contribution in [2.45, 2.75) is 0 Å². The molecule has 1 heterocycles. The third-order valence-corrected chi connectivity index (χ3v) is 3.28. The Morgan fingerprint density at radius 1 is 1.17 bits per heavy atom. The van der Waals surface area contributed by atoms with Gasteiger partial charge in [-0.25, -0.2) is 13.8 Å². The summed E-state index contributed by atoms with van der Waals surface area (Å²) in [6, 6.07) is 10.0. The molecule has 0 radical (unpaired) electrons. The summed E-state index contributed by atoms with van der Waals surface area (Å²) in [5, 5.41) is 2.44. The SMILES string of the molecule is COc1cccc(/C=C2\N=C(c3cc(F)ccc3F)NC2=O)c1. The first-order chi connectivity index (χ1) is 11.1. The molecule has 1 aliphatic rings. The minimum atomic E-state index is -0.659. The molecule has 0 atom stereocenters. The number of amidine groups is 1. The van der Waals surface area contributed by atoms with Crippen molar-refractivity contribution >= 4 is 17.8 Å². The highest BCUT2D eigenvalue weighted by Gasteiger charge is 2.23. The lowest BCUT2D eigenvalue weighted by Crippen LogP contribution is -2.25. The van der Waals surface area contributed by atoms with Crippen molar-refractivity contribution in [2.24, 2.45) is 4.99 Å². The molecule has 1 amide bonds. The lowest BCUT2D eigenvalue weighted by Gasteiger charge is -2.02. The molecule has 0 fully saturated rings. The number of aliphatic imine (C=N–C) groups is 1. The lowest BCUT2D eigenvalue weighted by molar-refractivity contribution is -0.115. The molecule has 3 rings (SSSR count). The highest BCUT2D eigenvalue weighted by atomic mass is 19.1. The number of hydrogen-bond acceptors (Lipinski definition) is 3. The Kier molecular flexibility index (Phi) is 3.89. The van der Waals surface area contributed by atoms with E-state index in [9.17, 15) is 13.6 Å². The van der Waals surface area contributed by atoms with Crippen molar-refractivity contribution in [1.29, 1.82) is 0 Å². The molecule has 1 N–H and O–H groups in total. The Morgan fingerprint density at radius 3 is 2.78 bits per heavy atom. The number of carbonyl (C=O) groups is 1. The second-order valence-electron chi connectivity index (χ2n) is 4.84. The number of nitrogens with zero attached hydrogens (tertiary/aromatic N) is 1. The van der Waals surface area contributed by atoms with Crippen molar-refractivity contribution in [1.82, 2.24) is 5.32 Å². The van der Waals surface area contributed by atoms with Gasteiger partial charge in [-0.3, -0.25) is 4.79 Å². The number of ether oxygens (including phenoxy) is 1. The molecule has 0 saturated heterocycles. The van der Waals surface area contributed by atoms with Gasteiger partial charge in [0.1, 0.15) is 28.9 Å².